The maximum absolute atomic E-state index is 12.7. The highest BCUT2D eigenvalue weighted by atomic mass is 35.5. The molecule has 7 nitrogen and oxygen atoms in total. The van der Waals surface area contributed by atoms with Gasteiger partial charge in [-0.05, 0) is 56.3 Å². The van der Waals surface area contributed by atoms with Gasteiger partial charge in [-0.3, -0.25) is 9.10 Å². The predicted molar refractivity (Wildman–Crippen MR) is 114 cm³/mol. The summed E-state index contributed by atoms with van der Waals surface area (Å²) in [6.07, 6.45) is 1.01. The van der Waals surface area contributed by atoms with Crippen molar-refractivity contribution in [2.75, 3.05) is 22.5 Å². The molecule has 0 aromatic heterocycles. The van der Waals surface area contributed by atoms with Crippen LogP contribution in [-0.2, 0) is 19.6 Å². The molecular weight excluding hydrogens is 439 g/mol. The van der Waals surface area contributed by atoms with E-state index in [2.05, 4.69) is 5.32 Å². The fraction of sp³-hybridized carbons (Fsp3) is 0.263. The third kappa shape index (κ3) is 5.85. The number of ether oxygens (including phenoxy) is 1. The molecule has 1 amide bonds. The lowest BCUT2D eigenvalue weighted by atomic mass is 10.2. The number of carbonyl (C=O) groups excluding carboxylic acids is 2. The quantitative estimate of drug-likeness (QED) is 0.633. The molecule has 0 aliphatic heterocycles. The summed E-state index contributed by atoms with van der Waals surface area (Å²) in [5.41, 5.74) is 0.770. The molecular formula is C19H20Cl2N2O5S. The Kier molecular flexibility index (Phi) is 7.51. The highest BCUT2D eigenvalue weighted by molar-refractivity contribution is 7.92. The summed E-state index contributed by atoms with van der Waals surface area (Å²) < 4.78 is 30.5. The molecule has 0 bridgehead atoms. The molecule has 0 aliphatic rings. The van der Waals surface area contributed by atoms with Crippen molar-refractivity contribution in [3.63, 3.8) is 0 Å². The van der Waals surface area contributed by atoms with Gasteiger partial charge in [0.1, 0.15) is 6.04 Å². The Morgan fingerprint density at radius 2 is 1.76 bits per heavy atom. The van der Waals surface area contributed by atoms with E-state index in [4.69, 9.17) is 27.9 Å². The maximum Gasteiger partial charge on any atom is 0.338 e. The average molecular weight is 459 g/mol. The first-order chi connectivity index (χ1) is 13.5. The zero-order chi connectivity index (χ0) is 21.8. The SMILES string of the molecule is CCOC(=O)c1ccc(NC(=O)[C@@H](C)N(c2ccc(Cl)cc2)S(C)(=O)=O)c(Cl)c1. The van der Waals surface area contributed by atoms with Gasteiger partial charge in [-0.25, -0.2) is 13.2 Å². The molecule has 0 fully saturated rings. The predicted octanol–water partition coefficient (Wildman–Crippen LogP) is 3.96. The minimum atomic E-state index is -3.77. The van der Waals surface area contributed by atoms with Crippen molar-refractivity contribution in [3.8, 4) is 0 Å². The zero-order valence-corrected chi connectivity index (χ0v) is 18.3. The van der Waals surface area contributed by atoms with Gasteiger partial charge in [-0.15, -0.1) is 0 Å². The van der Waals surface area contributed by atoms with Crippen molar-refractivity contribution in [1.82, 2.24) is 0 Å². The van der Waals surface area contributed by atoms with Crippen molar-refractivity contribution in [2.24, 2.45) is 0 Å². The normalized spacial score (nSPS) is 12.2. The van der Waals surface area contributed by atoms with Crippen LogP contribution in [0, 0.1) is 0 Å². The van der Waals surface area contributed by atoms with Gasteiger partial charge < -0.3 is 10.1 Å². The second-order valence-electron chi connectivity index (χ2n) is 6.12. The molecule has 0 saturated carbocycles. The van der Waals surface area contributed by atoms with Crippen molar-refractivity contribution >= 4 is 56.5 Å². The van der Waals surface area contributed by atoms with E-state index in [0.29, 0.717) is 10.7 Å². The number of halogens is 2. The lowest BCUT2D eigenvalue weighted by Crippen LogP contribution is -2.45. The van der Waals surface area contributed by atoms with Gasteiger partial charge in [0.05, 0.1) is 34.8 Å². The molecule has 2 aromatic carbocycles. The van der Waals surface area contributed by atoms with E-state index in [1.807, 2.05) is 0 Å². The van der Waals surface area contributed by atoms with Crippen LogP contribution in [0.1, 0.15) is 24.2 Å². The molecule has 2 aromatic rings. The van der Waals surface area contributed by atoms with E-state index in [-0.39, 0.29) is 22.9 Å². The minimum Gasteiger partial charge on any atom is -0.462 e. The van der Waals surface area contributed by atoms with Crippen LogP contribution in [-0.4, -0.2) is 39.2 Å². The highest BCUT2D eigenvalue weighted by Crippen LogP contribution is 2.26. The van der Waals surface area contributed by atoms with Crippen LogP contribution in [0.15, 0.2) is 42.5 Å². The Morgan fingerprint density at radius 3 is 2.28 bits per heavy atom. The number of amides is 1. The van der Waals surface area contributed by atoms with Gasteiger partial charge in [-0.1, -0.05) is 23.2 Å². The lowest BCUT2D eigenvalue weighted by molar-refractivity contribution is -0.116. The van der Waals surface area contributed by atoms with E-state index in [9.17, 15) is 18.0 Å². The largest absolute Gasteiger partial charge is 0.462 e. The topological polar surface area (TPSA) is 92.8 Å². The van der Waals surface area contributed by atoms with Crippen LogP contribution >= 0.6 is 23.2 Å². The Bertz CT molecular complexity index is 1010. The minimum absolute atomic E-state index is 0.119. The zero-order valence-electron chi connectivity index (χ0n) is 16.0. The standard InChI is InChI=1S/C19H20Cl2N2O5S/c1-4-28-19(25)13-5-10-17(16(21)11-13)22-18(24)12(2)23(29(3,26)27)15-8-6-14(20)7-9-15/h5-12H,4H2,1-3H3,(H,22,24)/t12-/m1/s1. The van der Waals surface area contributed by atoms with Crippen LogP contribution in [0.2, 0.25) is 10.0 Å². The molecule has 0 unspecified atom stereocenters. The summed E-state index contributed by atoms with van der Waals surface area (Å²) in [6, 6.07) is 9.28. The van der Waals surface area contributed by atoms with Crippen molar-refractivity contribution in [3.05, 3.63) is 58.1 Å². The summed E-state index contributed by atoms with van der Waals surface area (Å²) in [5.74, 6) is -1.14. The fourth-order valence-electron chi connectivity index (χ4n) is 2.59. The van der Waals surface area contributed by atoms with Gasteiger partial charge in [0.15, 0.2) is 0 Å². The number of rotatable bonds is 7. The fourth-order valence-corrected chi connectivity index (χ4v) is 4.12. The van der Waals surface area contributed by atoms with Crippen LogP contribution < -0.4 is 9.62 Å². The van der Waals surface area contributed by atoms with Gasteiger partial charge in [0.25, 0.3) is 0 Å². The van der Waals surface area contributed by atoms with E-state index in [1.54, 1.807) is 6.92 Å². The number of hydrogen-bond donors (Lipinski definition) is 1. The second-order valence-corrected chi connectivity index (χ2v) is 8.82. The third-order valence-corrected chi connectivity index (χ3v) is 5.71. The number of benzene rings is 2. The average Bonchev–Trinajstić information content (AvgIpc) is 2.64. The van der Waals surface area contributed by atoms with Crippen LogP contribution in [0.3, 0.4) is 0 Å². The Labute approximate surface area is 179 Å². The molecule has 0 spiro atoms. The summed E-state index contributed by atoms with van der Waals surface area (Å²) >= 11 is 12.0. The first kappa shape index (κ1) is 23.0. The molecule has 10 heteroatoms. The lowest BCUT2D eigenvalue weighted by Gasteiger charge is -2.28. The monoisotopic (exact) mass is 458 g/mol. The van der Waals surface area contributed by atoms with Crippen LogP contribution in [0.5, 0.6) is 0 Å². The molecule has 1 atom stereocenters. The summed E-state index contributed by atoms with van der Waals surface area (Å²) in [7, 11) is -3.77. The third-order valence-electron chi connectivity index (χ3n) is 3.91. The Hall–Kier alpha value is -2.29. The van der Waals surface area contributed by atoms with Crippen molar-refractivity contribution in [1.29, 1.82) is 0 Å². The molecule has 0 heterocycles. The van der Waals surface area contributed by atoms with Crippen LogP contribution in [0.25, 0.3) is 0 Å². The van der Waals surface area contributed by atoms with E-state index < -0.39 is 27.9 Å². The second kappa shape index (κ2) is 9.47. The highest BCUT2D eigenvalue weighted by Gasteiger charge is 2.29. The molecule has 0 saturated heterocycles. The molecule has 156 valence electrons. The van der Waals surface area contributed by atoms with Crippen molar-refractivity contribution in [2.45, 2.75) is 19.9 Å². The van der Waals surface area contributed by atoms with Gasteiger partial charge in [0, 0.05) is 5.02 Å². The first-order valence-electron chi connectivity index (χ1n) is 8.57. The summed E-state index contributed by atoms with van der Waals surface area (Å²) in [5, 5.41) is 3.14. The first-order valence-corrected chi connectivity index (χ1v) is 11.2. The number of carbonyl (C=O) groups is 2. The summed E-state index contributed by atoms with van der Waals surface area (Å²) in [6.45, 7) is 3.36. The Balaban J connectivity index is 2.26. The van der Waals surface area contributed by atoms with Crippen molar-refractivity contribution < 1.29 is 22.7 Å². The number of anilines is 2. The number of sulfonamides is 1. The maximum atomic E-state index is 12.7. The summed E-state index contributed by atoms with van der Waals surface area (Å²) in [4.78, 5) is 24.5. The molecule has 2 rings (SSSR count). The molecule has 0 aliphatic carbocycles. The van der Waals surface area contributed by atoms with E-state index in [1.165, 1.54) is 49.4 Å². The number of esters is 1. The molecule has 1 N–H and O–H groups in total. The number of hydrogen-bond acceptors (Lipinski definition) is 5. The van der Waals surface area contributed by atoms with E-state index in [0.717, 1.165) is 10.6 Å². The van der Waals surface area contributed by atoms with Gasteiger partial charge >= 0.3 is 5.97 Å². The van der Waals surface area contributed by atoms with Crippen LogP contribution in [0.4, 0.5) is 11.4 Å². The molecule has 29 heavy (non-hydrogen) atoms. The number of nitrogens with zero attached hydrogens (tertiary/aromatic N) is 1. The van der Waals surface area contributed by atoms with Gasteiger partial charge in [0.2, 0.25) is 15.9 Å². The Morgan fingerprint density at radius 1 is 1.14 bits per heavy atom. The van der Waals surface area contributed by atoms with E-state index >= 15 is 0 Å². The number of nitrogens with one attached hydrogen (secondary N) is 1. The van der Waals surface area contributed by atoms with Gasteiger partial charge in [-0.2, -0.15) is 0 Å². The molecule has 0 radical (unpaired) electrons. The smallest absolute Gasteiger partial charge is 0.338 e.